The van der Waals surface area contributed by atoms with Crippen LogP contribution in [0.15, 0.2) is 88.5 Å². The Kier molecular flexibility index (Phi) is 6.82. The monoisotopic (exact) mass is 482 g/mol. The van der Waals surface area contributed by atoms with Crippen LogP contribution < -0.4 is 16.6 Å². The number of hydrogen-bond acceptors (Lipinski definition) is 4. The Bertz CT molecular complexity index is 1480. The molecule has 1 saturated heterocycles. The molecule has 7 nitrogen and oxygen atoms in total. The molecule has 0 atom stereocenters. The van der Waals surface area contributed by atoms with E-state index in [1.54, 1.807) is 25.2 Å². The number of amides is 1. The van der Waals surface area contributed by atoms with E-state index in [0.717, 1.165) is 38.0 Å². The SMILES string of the molecule is Cn1c(=O)n(Cc2ccccc2)c(=O)c2cc(C(=O)NC3CCN(Cc4ccccc4)CC3)ccc21. The van der Waals surface area contributed by atoms with E-state index >= 15 is 0 Å². The van der Waals surface area contributed by atoms with E-state index in [-0.39, 0.29) is 29.7 Å². The van der Waals surface area contributed by atoms with E-state index in [4.69, 9.17) is 0 Å². The van der Waals surface area contributed by atoms with Crippen LogP contribution in [0.4, 0.5) is 0 Å². The molecule has 36 heavy (non-hydrogen) atoms. The maximum Gasteiger partial charge on any atom is 0.331 e. The first-order chi connectivity index (χ1) is 17.5. The Labute approximate surface area is 209 Å². The first-order valence-electron chi connectivity index (χ1n) is 12.3. The van der Waals surface area contributed by atoms with Crippen LogP contribution in [0, 0.1) is 0 Å². The molecule has 0 saturated carbocycles. The van der Waals surface area contributed by atoms with E-state index in [9.17, 15) is 14.4 Å². The topological polar surface area (TPSA) is 76.3 Å². The van der Waals surface area contributed by atoms with Crippen LogP contribution >= 0.6 is 0 Å². The van der Waals surface area contributed by atoms with E-state index in [1.165, 1.54) is 14.7 Å². The van der Waals surface area contributed by atoms with E-state index in [2.05, 4.69) is 34.5 Å². The predicted octanol–water partition coefficient (Wildman–Crippen LogP) is 3.14. The third-order valence-electron chi connectivity index (χ3n) is 6.97. The van der Waals surface area contributed by atoms with Crippen molar-refractivity contribution in [2.75, 3.05) is 13.1 Å². The van der Waals surface area contributed by atoms with Gasteiger partial charge in [-0.15, -0.1) is 0 Å². The maximum absolute atomic E-state index is 13.3. The largest absolute Gasteiger partial charge is 0.349 e. The molecule has 3 aromatic carbocycles. The summed E-state index contributed by atoms with van der Waals surface area (Å²) >= 11 is 0. The molecule has 1 N–H and O–H groups in total. The van der Waals surface area contributed by atoms with E-state index in [0.29, 0.717) is 16.5 Å². The van der Waals surface area contributed by atoms with Gasteiger partial charge in [0.15, 0.2) is 0 Å². The van der Waals surface area contributed by atoms with Crippen molar-refractivity contribution >= 4 is 16.8 Å². The quantitative estimate of drug-likeness (QED) is 0.458. The molecule has 0 spiro atoms. The number of aromatic nitrogens is 2. The third kappa shape index (κ3) is 5.02. The minimum atomic E-state index is -0.388. The number of nitrogens with zero attached hydrogens (tertiary/aromatic N) is 3. The van der Waals surface area contributed by atoms with Gasteiger partial charge in [0.05, 0.1) is 17.4 Å². The van der Waals surface area contributed by atoms with Gasteiger partial charge in [0.2, 0.25) is 0 Å². The number of hydrogen-bond donors (Lipinski definition) is 1. The third-order valence-corrected chi connectivity index (χ3v) is 6.97. The molecule has 4 aromatic rings. The average Bonchev–Trinajstić information content (AvgIpc) is 2.92. The van der Waals surface area contributed by atoms with Crippen molar-refractivity contribution in [1.29, 1.82) is 0 Å². The highest BCUT2D eigenvalue weighted by atomic mass is 16.2. The summed E-state index contributed by atoms with van der Waals surface area (Å²) in [6.07, 6.45) is 1.76. The average molecular weight is 483 g/mol. The lowest BCUT2D eigenvalue weighted by Gasteiger charge is -2.32. The molecule has 184 valence electrons. The number of aryl methyl sites for hydroxylation is 1. The Hall–Kier alpha value is -3.97. The van der Waals surface area contributed by atoms with Crippen molar-refractivity contribution in [3.8, 4) is 0 Å². The Morgan fingerprint density at radius 3 is 2.11 bits per heavy atom. The standard InChI is InChI=1S/C29H30N4O3/c1-31-26-13-12-23(18-25(26)28(35)33(29(31)36)20-22-10-6-3-7-11-22)27(34)30-24-14-16-32(17-15-24)19-21-8-4-2-5-9-21/h2-13,18,24H,14-17,19-20H2,1H3,(H,30,34). The van der Waals surface area contributed by atoms with Crippen LogP contribution in [-0.4, -0.2) is 39.1 Å². The van der Waals surface area contributed by atoms with Crippen molar-refractivity contribution in [2.24, 2.45) is 7.05 Å². The number of benzene rings is 3. The van der Waals surface area contributed by atoms with Crippen molar-refractivity contribution in [1.82, 2.24) is 19.4 Å². The summed E-state index contributed by atoms with van der Waals surface area (Å²) in [7, 11) is 1.65. The number of likely N-dealkylation sites (tertiary alicyclic amines) is 1. The zero-order chi connectivity index (χ0) is 25.1. The summed E-state index contributed by atoms with van der Waals surface area (Å²) in [4.78, 5) is 41.6. The minimum absolute atomic E-state index is 0.0927. The van der Waals surface area contributed by atoms with Crippen molar-refractivity contribution in [3.05, 3.63) is 116 Å². The van der Waals surface area contributed by atoms with E-state index < -0.39 is 0 Å². The normalized spacial score (nSPS) is 14.7. The summed E-state index contributed by atoms with van der Waals surface area (Å²) in [5.41, 5.74) is 2.33. The van der Waals surface area contributed by atoms with Crippen molar-refractivity contribution in [3.63, 3.8) is 0 Å². The molecule has 0 bridgehead atoms. The Morgan fingerprint density at radius 2 is 1.47 bits per heavy atom. The zero-order valence-electron chi connectivity index (χ0n) is 20.4. The molecular weight excluding hydrogens is 452 g/mol. The summed E-state index contributed by atoms with van der Waals surface area (Å²) in [5.74, 6) is -0.193. The summed E-state index contributed by atoms with van der Waals surface area (Å²) in [6.45, 7) is 2.94. The van der Waals surface area contributed by atoms with Gasteiger partial charge >= 0.3 is 5.69 Å². The van der Waals surface area contributed by atoms with Gasteiger partial charge in [-0.2, -0.15) is 0 Å². The minimum Gasteiger partial charge on any atom is -0.349 e. The van der Waals surface area contributed by atoms with Gasteiger partial charge in [-0.3, -0.25) is 23.6 Å². The second-order valence-corrected chi connectivity index (χ2v) is 9.46. The number of nitrogens with one attached hydrogen (secondary N) is 1. The van der Waals surface area contributed by atoms with Crippen LogP contribution in [0.1, 0.15) is 34.3 Å². The summed E-state index contributed by atoms with van der Waals surface area (Å²) in [5, 5.41) is 3.50. The lowest BCUT2D eigenvalue weighted by atomic mass is 10.0. The molecule has 5 rings (SSSR count). The van der Waals surface area contributed by atoms with Crippen LogP contribution in [0.3, 0.4) is 0 Å². The van der Waals surface area contributed by atoms with Crippen LogP contribution in [-0.2, 0) is 20.1 Å². The number of rotatable bonds is 6. The molecule has 1 aliphatic rings. The fourth-order valence-corrected chi connectivity index (χ4v) is 4.91. The molecule has 0 unspecified atom stereocenters. The molecule has 1 aliphatic heterocycles. The second-order valence-electron chi connectivity index (χ2n) is 9.46. The fraction of sp³-hybridized carbons (Fsp3) is 0.276. The zero-order valence-corrected chi connectivity index (χ0v) is 20.4. The van der Waals surface area contributed by atoms with Gasteiger partial charge in [0.25, 0.3) is 11.5 Å². The lowest BCUT2D eigenvalue weighted by molar-refractivity contribution is 0.0909. The molecule has 1 fully saturated rings. The van der Waals surface area contributed by atoms with E-state index in [1.807, 2.05) is 36.4 Å². The first-order valence-corrected chi connectivity index (χ1v) is 12.3. The highest BCUT2D eigenvalue weighted by molar-refractivity contribution is 5.98. The highest BCUT2D eigenvalue weighted by Gasteiger charge is 2.22. The van der Waals surface area contributed by atoms with Gasteiger partial charge in [-0.1, -0.05) is 60.7 Å². The lowest BCUT2D eigenvalue weighted by Crippen LogP contribution is -2.44. The number of fused-ring (bicyclic) bond motifs is 1. The Balaban J connectivity index is 1.31. The fourth-order valence-electron chi connectivity index (χ4n) is 4.91. The maximum atomic E-state index is 13.3. The molecule has 1 amide bonds. The Morgan fingerprint density at radius 1 is 0.861 bits per heavy atom. The van der Waals surface area contributed by atoms with Crippen molar-refractivity contribution < 1.29 is 4.79 Å². The number of piperidine rings is 1. The van der Waals surface area contributed by atoms with Crippen LogP contribution in [0.25, 0.3) is 10.9 Å². The number of carbonyl (C=O) groups excluding carboxylic acids is 1. The van der Waals surface area contributed by atoms with Gasteiger partial charge in [0, 0.05) is 38.3 Å². The smallest absolute Gasteiger partial charge is 0.331 e. The van der Waals surface area contributed by atoms with Crippen LogP contribution in [0.2, 0.25) is 0 Å². The van der Waals surface area contributed by atoms with Gasteiger partial charge in [-0.25, -0.2) is 4.79 Å². The summed E-state index contributed by atoms with van der Waals surface area (Å²) < 4.78 is 2.69. The molecule has 0 aliphatic carbocycles. The molecule has 0 radical (unpaired) electrons. The summed E-state index contributed by atoms with van der Waals surface area (Å²) in [6, 6.07) is 24.9. The first kappa shape index (κ1) is 23.8. The van der Waals surface area contributed by atoms with Gasteiger partial charge in [0.1, 0.15) is 0 Å². The predicted molar refractivity (Wildman–Crippen MR) is 141 cm³/mol. The molecule has 7 heteroatoms. The second kappa shape index (κ2) is 10.3. The molecular formula is C29H30N4O3. The highest BCUT2D eigenvalue weighted by Crippen LogP contribution is 2.16. The number of carbonyl (C=O) groups is 1. The molecule has 2 heterocycles. The van der Waals surface area contributed by atoms with Crippen molar-refractivity contribution in [2.45, 2.75) is 32.0 Å². The van der Waals surface area contributed by atoms with Crippen LogP contribution in [0.5, 0.6) is 0 Å². The van der Waals surface area contributed by atoms with Gasteiger partial charge < -0.3 is 5.32 Å². The molecule has 1 aromatic heterocycles. The van der Waals surface area contributed by atoms with Gasteiger partial charge in [-0.05, 0) is 42.2 Å².